The second kappa shape index (κ2) is 5.34. The molecule has 86 valence electrons. The van der Waals surface area contributed by atoms with Crippen LogP contribution in [0.1, 0.15) is 23.2 Å². The van der Waals surface area contributed by atoms with Crippen LogP contribution in [0.2, 0.25) is 0 Å². The van der Waals surface area contributed by atoms with Crippen LogP contribution in [-0.4, -0.2) is 11.7 Å². The van der Waals surface area contributed by atoms with Crippen molar-refractivity contribution in [3.05, 3.63) is 47.0 Å². The van der Waals surface area contributed by atoms with Crippen molar-refractivity contribution in [2.45, 2.75) is 18.8 Å². The van der Waals surface area contributed by atoms with E-state index in [1.165, 1.54) is 12.1 Å². The zero-order chi connectivity index (χ0) is 12.2. The van der Waals surface area contributed by atoms with Gasteiger partial charge in [-0.05, 0) is 4.48 Å². The number of ketones is 1. The molecule has 0 aliphatic carbocycles. The van der Waals surface area contributed by atoms with Crippen molar-refractivity contribution in [2.24, 2.45) is 0 Å². The Morgan fingerprint density at radius 2 is 1.81 bits per heavy atom. The first-order chi connectivity index (χ1) is 7.41. The first kappa shape index (κ1) is 13.0. The molecule has 0 fully saturated rings. The van der Waals surface area contributed by atoms with E-state index in [0.29, 0.717) is 5.56 Å². The van der Waals surface area contributed by atoms with E-state index in [2.05, 4.69) is 22.5 Å². The summed E-state index contributed by atoms with van der Waals surface area (Å²) in [6.07, 6.45) is -1.31. The SMILES string of the molecule is C=C(Br)CC(F)(F)CC(=O)c1ccccc1. The highest BCUT2D eigenvalue weighted by Gasteiger charge is 2.32. The zero-order valence-electron chi connectivity index (χ0n) is 8.55. The fourth-order valence-corrected chi connectivity index (χ4v) is 1.71. The highest BCUT2D eigenvalue weighted by molar-refractivity contribution is 9.11. The molecule has 0 unspecified atom stereocenters. The molecule has 0 aromatic heterocycles. The topological polar surface area (TPSA) is 17.1 Å². The highest BCUT2D eigenvalue weighted by Crippen LogP contribution is 2.29. The Labute approximate surface area is 101 Å². The van der Waals surface area contributed by atoms with E-state index >= 15 is 0 Å². The predicted octanol–water partition coefficient (Wildman–Crippen LogP) is 4.19. The number of carbonyl (C=O) groups is 1. The summed E-state index contributed by atoms with van der Waals surface area (Å²) >= 11 is 2.87. The summed E-state index contributed by atoms with van der Waals surface area (Å²) in [5, 5.41) is 0. The Balaban J connectivity index is 2.68. The molecule has 1 aromatic rings. The molecular weight excluding hydrogens is 278 g/mol. The van der Waals surface area contributed by atoms with E-state index in [-0.39, 0.29) is 4.48 Å². The Morgan fingerprint density at radius 1 is 1.25 bits per heavy atom. The smallest absolute Gasteiger partial charge is 0.259 e. The van der Waals surface area contributed by atoms with Gasteiger partial charge in [0.2, 0.25) is 0 Å². The van der Waals surface area contributed by atoms with Crippen LogP contribution in [0, 0.1) is 0 Å². The number of hydrogen-bond acceptors (Lipinski definition) is 1. The van der Waals surface area contributed by atoms with Gasteiger partial charge in [-0.25, -0.2) is 8.78 Å². The molecule has 0 amide bonds. The molecule has 1 rings (SSSR count). The maximum absolute atomic E-state index is 13.3. The maximum atomic E-state index is 13.3. The number of alkyl halides is 2. The zero-order valence-corrected chi connectivity index (χ0v) is 10.1. The fourth-order valence-electron chi connectivity index (χ4n) is 1.30. The van der Waals surface area contributed by atoms with Gasteiger partial charge >= 0.3 is 0 Å². The number of hydrogen-bond donors (Lipinski definition) is 0. The second-order valence-electron chi connectivity index (χ2n) is 3.52. The molecule has 0 radical (unpaired) electrons. The van der Waals surface area contributed by atoms with Gasteiger partial charge in [-0.15, -0.1) is 0 Å². The molecule has 1 aromatic carbocycles. The summed E-state index contributed by atoms with van der Waals surface area (Å²) < 4.78 is 26.8. The second-order valence-corrected chi connectivity index (χ2v) is 4.64. The van der Waals surface area contributed by atoms with Crippen molar-refractivity contribution in [3.63, 3.8) is 0 Å². The fraction of sp³-hybridized carbons (Fsp3) is 0.250. The van der Waals surface area contributed by atoms with Gasteiger partial charge in [0.05, 0.1) is 6.42 Å². The summed E-state index contributed by atoms with van der Waals surface area (Å²) in [7, 11) is 0. The first-order valence-corrected chi connectivity index (χ1v) is 5.49. The lowest BCUT2D eigenvalue weighted by molar-refractivity contribution is -0.000214. The van der Waals surface area contributed by atoms with Gasteiger partial charge < -0.3 is 0 Å². The third-order valence-electron chi connectivity index (χ3n) is 1.97. The largest absolute Gasteiger partial charge is 0.294 e. The Kier molecular flexibility index (Phi) is 4.35. The van der Waals surface area contributed by atoms with Crippen LogP contribution >= 0.6 is 15.9 Å². The molecule has 0 aliphatic rings. The van der Waals surface area contributed by atoms with Gasteiger partial charge in [-0.1, -0.05) is 52.8 Å². The monoisotopic (exact) mass is 288 g/mol. The van der Waals surface area contributed by atoms with E-state index in [1.807, 2.05) is 0 Å². The average Bonchev–Trinajstić information content (AvgIpc) is 2.16. The lowest BCUT2D eigenvalue weighted by Crippen LogP contribution is -2.21. The molecule has 0 saturated carbocycles. The molecule has 1 nitrogen and oxygen atoms in total. The predicted molar refractivity (Wildman–Crippen MR) is 63.0 cm³/mol. The van der Waals surface area contributed by atoms with Gasteiger partial charge in [0.1, 0.15) is 0 Å². The minimum atomic E-state index is -3.05. The van der Waals surface area contributed by atoms with Crippen molar-refractivity contribution in [1.29, 1.82) is 0 Å². The van der Waals surface area contributed by atoms with Crippen LogP contribution in [-0.2, 0) is 0 Å². The summed E-state index contributed by atoms with van der Waals surface area (Å²) in [5.74, 6) is -3.60. The third-order valence-corrected chi connectivity index (χ3v) is 2.25. The van der Waals surface area contributed by atoms with E-state index in [0.717, 1.165) is 0 Å². The number of allylic oxidation sites excluding steroid dienone is 1. The summed E-state index contributed by atoms with van der Waals surface area (Å²) in [6, 6.07) is 8.08. The van der Waals surface area contributed by atoms with Crippen LogP contribution < -0.4 is 0 Å². The number of halogens is 3. The normalized spacial score (nSPS) is 11.2. The Morgan fingerprint density at radius 3 is 2.31 bits per heavy atom. The minimum absolute atomic E-state index is 0.193. The van der Waals surface area contributed by atoms with Crippen LogP contribution in [0.15, 0.2) is 41.4 Å². The van der Waals surface area contributed by atoms with Crippen LogP contribution in [0.4, 0.5) is 8.78 Å². The van der Waals surface area contributed by atoms with Crippen molar-refractivity contribution in [3.8, 4) is 0 Å². The number of benzene rings is 1. The third kappa shape index (κ3) is 4.23. The Bertz CT molecular complexity index is 387. The summed E-state index contributed by atoms with van der Waals surface area (Å²) in [5.41, 5.74) is 0.308. The van der Waals surface area contributed by atoms with Crippen LogP contribution in [0.3, 0.4) is 0 Å². The molecule has 0 heterocycles. The van der Waals surface area contributed by atoms with Crippen LogP contribution in [0.25, 0.3) is 0 Å². The molecule has 0 N–H and O–H groups in total. The molecule has 0 bridgehead atoms. The van der Waals surface area contributed by atoms with E-state index in [1.54, 1.807) is 18.2 Å². The van der Waals surface area contributed by atoms with Crippen molar-refractivity contribution < 1.29 is 13.6 Å². The highest BCUT2D eigenvalue weighted by atomic mass is 79.9. The quantitative estimate of drug-likeness (QED) is 0.743. The first-order valence-electron chi connectivity index (χ1n) is 4.70. The molecule has 0 aliphatic heterocycles. The molecule has 4 heteroatoms. The van der Waals surface area contributed by atoms with Gasteiger partial charge in [0, 0.05) is 12.0 Å². The van der Waals surface area contributed by atoms with E-state index in [9.17, 15) is 13.6 Å². The van der Waals surface area contributed by atoms with Gasteiger partial charge in [-0.3, -0.25) is 4.79 Å². The van der Waals surface area contributed by atoms with Crippen molar-refractivity contribution in [2.75, 3.05) is 0 Å². The lowest BCUT2D eigenvalue weighted by Gasteiger charge is -2.14. The number of rotatable bonds is 5. The molecule has 0 spiro atoms. The average molecular weight is 289 g/mol. The van der Waals surface area contributed by atoms with Gasteiger partial charge in [-0.2, -0.15) is 0 Å². The Hall–Kier alpha value is -1.03. The van der Waals surface area contributed by atoms with Crippen molar-refractivity contribution >= 4 is 21.7 Å². The minimum Gasteiger partial charge on any atom is -0.294 e. The maximum Gasteiger partial charge on any atom is 0.259 e. The lowest BCUT2D eigenvalue weighted by atomic mass is 10.0. The van der Waals surface area contributed by atoms with Gasteiger partial charge in [0.25, 0.3) is 5.92 Å². The molecule has 0 atom stereocenters. The molecule has 0 saturated heterocycles. The summed E-state index contributed by atoms with van der Waals surface area (Å²) in [6.45, 7) is 3.35. The van der Waals surface area contributed by atoms with Crippen LogP contribution in [0.5, 0.6) is 0 Å². The number of carbonyl (C=O) groups excluding carboxylic acids is 1. The number of Topliss-reactive ketones (excluding diaryl/α,β-unsaturated/α-hetero) is 1. The molecular formula is C12H11BrF2O. The molecule has 16 heavy (non-hydrogen) atoms. The van der Waals surface area contributed by atoms with Gasteiger partial charge in [0.15, 0.2) is 5.78 Å². The van der Waals surface area contributed by atoms with E-state index in [4.69, 9.17) is 0 Å². The van der Waals surface area contributed by atoms with E-state index < -0.39 is 24.5 Å². The standard InChI is InChI=1S/C12H11BrF2O/c1-9(13)7-12(14,15)8-11(16)10-5-3-2-4-6-10/h2-6H,1,7-8H2. The summed E-state index contributed by atoms with van der Waals surface area (Å²) in [4.78, 5) is 11.5. The van der Waals surface area contributed by atoms with Crippen molar-refractivity contribution in [1.82, 2.24) is 0 Å².